The Hall–Kier alpha value is -4.15. The van der Waals surface area contributed by atoms with Crippen LogP contribution >= 0.6 is 0 Å². The minimum absolute atomic E-state index is 0. The number of hydrogen-bond donors (Lipinski definition) is 5. The molecular formula is C18H18F6N4O7. The molecule has 1 atom stereocenters. The molecule has 17 heteroatoms. The number of alkyl halides is 6. The summed E-state index contributed by atoms with van der Waals surface area (Å²) in [4.78, 5) is 43.3. The minimum Gasteiger partial charge on any atom is -0.478 e. The van der Waals surface area contributed by atoms with E-state index in [9.17, 15) is 45.5 Å². The maximum absolute atomic E-state index is 12.9. The van der Waals surface area contributed by atoms with Gasteiger partial charge in [-0.15, -0.1) is 0 Å². The zero-order valence-electron chi connectivity index (χ0n) is 17.2. The normalized spacial score (nSPS) is 15.0. The summed E-state index contributed by atoms with van der Waals surface area (Å²) >= 11 is 0. The topological polar surface area (TPSA) is 205 Å². The highest BCUT2D eigenvalue weighted by Crippen LogP contribution is 2.41. The number of nitrogens with one attached hydrogen (secondary N) is 2. The Kier molecular flexibility index (Phi) is 10.4. The van der Waals surface area contributed by atoms with Gasteiger partial charge in [0.2, 0.25) is 5.91 Å². The van der Waals surface area contributed by atoms with Gasteiger partial charge in [-0.3, -0.25) is 20.3 Å². The minimum atomic E-state index is -4.82. The van der Waals surface area contributed by atoms with Crippen molar-refractivity contribution in [3.8, 4) is 0 Å². The predicted octanol–water partition coefficient (Wildman–Crippen LogP) is 1.05. The molecule has 1 heterocycles. The van der Waals surface area contributed by atoms with Gasteiger partial charge in [0.05, 0.1) is 18.0 Å². The Bertz CT molecular complexity index is 1010. The first kappa shape index (κ1) is 30.9. The van der Waals surface area contributed by atoms with Crippen molar-refractivity contribution >= 4 is 29.7 Å². The second-order valence-electron chi connectivity index (χ2n) is 6.54. The molecule has 1 aromatic carbocycles. The third kappa shape index (κ3) is 9.70. The number of hydrogen-bond acceptors (Lipinski definition) is 5. The first-order chi connectivity index (χ1) is 15.4. The largest absolute Gasteiger partial charge is 0.478 e. The van der Waals surface area contributed by atoms with Crippen LogP contribution in [0.4, 0.5) is 26.3 Å². The molecule has 2 amide bonds. The van der Waals surface area contributed by atoms with Crippen molar-refractivity contribution in [1.82, 2.24) is 10.2 Å². The highest BCUT2D eigenvalue weighted by molar-refractivity contribution is 6.01. The number of halogens is 6. The van der Waals surface area contributed by atoms with E-state index in [1.165, 1.54) is 0 Å². The number of nitrogens with zero attached hydrogens (tertiary/aromatic N) is 1. The van der Waals surface area contributed by atoms with Crippen LogP contribution in [0.3, 0.4) is 0 Å². The molecule has 1 aliphatic rings. The molecule has 0 fully saturated rings. The number of guanidine groups is 1. The maximum Gasteiger partial charge on any atom is 0.416 e. The van der Waals surface area contributed by atoms with Gasteiger partial charge in [0, 0.05) is 17.7 Å². The standard InChI is InChI=1S/C14H12F6N4O2.C4H4O4.H2O/c15-13(16,17)5-24-9(4-10(25)23-12(21)22)8-3-6(14(18,19)20)1-2-7(8)11(24)26;5-3(6)1-2-4(7)8;/h1-3,9H,4-5H2,(H4,21,22,23,25);1-2H,(H,5,6)(H,7,8);1H2/b;2-1+;/t9-;;/m0../s1. The van der Waals surface area contributed by atoms with Gasteiger partial charge in [-0.2, -0.15) is 26.3 Å². The lowest BCUT2D eigenvalue weighted by Gasteiger charge is -2.26. The number of carboxylic acids is 2. The van der Waals surface area contributed by atoms with Crippen LogP contribution in [0.2, 0.25) is 0 Å². The van der Waals surface area contributed by atoms with Gasteiger partial charge in [0.1, 0.15) is 6.54 Å². The average Bonchev–Trinajstić information content (AvgIpc) is 2.89. The van der Waals surface area contributed by atoms with E-state index in [-0.39, 0.29) is 21.5 Å². The van der Waals surface area contributed by atoms with E-state index in [1.807, 2.05) is 5.32 Å². The SMILES string of the molecule is N=C(N)NC(=O)C[C@H]1c2cc(C(F)(F)F)ccc2C(=O)N1CC(F)(F)F.O.O=C(O)/C=C/C(=O)O. The van der Waals surface area contributed by atoms with E-state index in [4.69, 9.17) is 21.4 Å². The first-order valence-corrected chi connectivity index (χ1v) is 8.79. The molecule has 0 bridgehead atoms. The quantitative estimate of drug-likeness (QED) is 0.166. The molecule has 0 spiro atoms. The number of amides is 2. The van der Waals surface area contributed by atoms with Crippen molar-refractivity contribution in [2.75, 3.05) is 6.54 Å². The van der Waals surface area contributed by atoms with E-state index >= 15 is 0 Å². The van der Waals surface area contributed by atoms with Gasteiger partial charge in [-0.25, -0.2) is 9.59 Å². The summed E-state index contributed by atoms with van der Waals surface area (Å²) in [6, 6.07) is 0.351. The fraction of sp³-hybridized carbons (Fsp3) is 0.278. The van der Waals surface area contributed by atoms with Crippen molar-refractivity contribution in [1.29, 1.82) is 5.41 Å². The molecule has 2 rings (SSSR count). The zero-order chi connectivity index (χ0) is 26.4. The number of benzene rings is 1. The van der Waals surface area contributed by atoms with Crippen LogP contribution in [0.5, 0.6) is 0 Å². The summed E-state index contributed by atoms with van der Waals surface area (Å²) in [5, 5.41) is 24.4. The number of carbonyl (C=O) groups excluding carboxylic acids is 2. The van der Waals surface area contributed by atoms with E-state index in [1.54, 1.807) is 0 Å². The molecule has 0 saturated carbocycles. The third-order valence-electron chi connectivity index (χ3n) is 3.98. The second-order valence-corrected chi connectivity index (χ2v) is 6.54. The lowest BCUT2D eigenvalue weighted by Crippen LogP contribution is -2.41. The van der Waals surface area contributed by atoms with Crippen LogP contribution < -0.4 is 11.1 Å². The van der Waals surface area contributed by atoms with E-state index in [2.05, 4.69) is 0 Å². The smallest absolute Gasteiger partial charge is 0.416 e. The van der Waals surface area contributed by atoms with Gasteiger partial charge in [0.25, 0.3) is 5.91 Å². The highest BCUT2D eigenvalue weighted by atomic mass is 19.4. The number of fused-ring (bicyclic) bond motifs is 1. The van der Waals surface area contributed by atoms with E-state index in [0.717, 1.165) is 6.07 Å². The summed E-state index contributed by atoms with van der Waals surface area (Å²) in [7, 11) is 0. The lowest BCUT2D eigenvalue weighted by molar-refractivity contribution is -0.146. The summed E-state index contributed by atoms with van der Waals surface area (Å²) in [6.07, 6.45) is -9.26. The Balaban J connectivity index is 0.00000111. The van der Waals surface area contributed by atoms with Gasteiger partial charge < -0.3 is 26.3 Å². The summed E-state index contributed by atoms with van der Waals surface area (Å²) in [5.41, 5.74) is 3.11. The molecule has 0 aliphatic carbocycles. The van der Waals surface area contributed by atoms with Crippen molar-refractivity contribution in [3.63, 3.8) is 0 Å². The molecule has 0 aromatic heterocycles. The molecular weight excluding hydrogens is 498 g/mol. The Morgan fingerprint density at radius 2 is 1.60 bits per heavy atom. The molecule has 194 valence electrons. The van der Waals surface area contributed by atoms with Crippen molar-refractivity contribution < 1.29 is 61.2 Å². The van der Waals surface area contributed by atoms with Crippen LogP contribution in [0, 0.1) is 5.41 Å². The number of rotatable bonds is 5. The molecule has 0 saturated heterocycles. The molecule has 1 aromatic rings. The Labute approximate surface area is 191 Å². The van der Waals surface area contributed by atoms with Crippen molar-refractivity contribution in [2.24, 2.45) is 5.73 Å². The summed E-state index contributed by atoms with van der Waals surface area (Å²) in [5.74, 6) is -5.44. The molecule has 8 N–H and O–H groups in total. The lowest BCUT2D eigenvalue weighted by atomic mass is 9.99. The maximum atomic E-state index is 12.9. The second kappa shape index (κ2) is 11.8. The van der Waals surface area contributed by atoms with Crippen LogP contribution in [0.15, 0.2) is 30.4 Å². The summed E-state index contributed by atoms with van der Waals surface area (Å²) in [6.45, 7) is -1.74. The number of carboxylic acid groups (broad SMARTS) is 2. The van der Waals surface area contributed by atoms with Crippen LogP contribution in [-0.4, -0.2) is 63.0 Å². The molecule has 0 unspecified atom stereocenters. The first-order valence-electron chi connectivity index (χ1n) is 8.79. The number of carbonyl (C=O) groups is 4. The van der Waals surface area contributed by atoms with Crippen LogP contribution in [-0.2, 0) is 20.6 Å². The monoisotopic (exact) mass is 516 g/mol. The third-order valence-corrected chi connectivity index (χ3v) is 3.98. The molecule has 11 nitrogen and oxygen atoms in total. The fourth-order valence-electron chi connectivity index (χ4n) is 2.79. The number of nitrogens with two attached hydrogens (primary N) is 1. The zero-order valence-corrected chi connectivity index (χ0v) is 17.2. The van der Waals surface area contributed by atoms with Gasteiger partial charge in [-0.05, 0) is 23.8 Å². The van der Waals surface area contributed by atoms with Crippen LogP contribution in [0.1, 0.15) is 33.9 Å². The average molecular weight is 516 g/mol. The van der Waals surface area contributed by atoms with Crippen LogP contribution in [0.25, 0.3) is 0 Å². The molecule has 35 heavy (non-hydrogen) atoms. The molecule has 0 radical (unpaired) electrons. The highest BCUT2D eigenvalue weighted by Gasteiger charge is 2.45. The molecule has 1 aliphatic heterocycles. The van der Waals surface area contributed by atoms with E-state index < -0.39 is 66.6 Å². The van der Waals surface area contributed by atoms with Crippen molar-refractivity contribution in [3.05, 3.63) is 47.0 Å². The summed E-state index contributed by atoms with van der Waals surface area (Å²) < 4.78 is 76.9. The van der Waals surface area contributed by atoms with Gasteiger partial charge in [0.15, 0.2) is 5.96 Å². The Morgan fingerprint density at radius 3 is 2.00 bits per heavy atom. The van der Waals surface area contributed by atoms with Crippen molar-refractivity contribution in [2.45, 2.75) is 24.8 Å². The fourth-order valence-corrected chi connectivity index (χ4v) is 2.79. The van der Waals surface area contributed by atoms with Gasteiger partial charge in [-0.1, -0.05) is 0 Å². The predicted molar refractivity (Wildman–Crippen MR) is 104 cm³/mol. The van der Waals surface area contributed by atoms with E-state index in [0.29, 0.717) is 24.3 Å². The number of aliphatic carboxylic acids is 2. The van der Waals surface area contributed by atoms with Gasteiger partial charge >= 0.3 is 24.3 Å². The Morgan fingerprint density at radius 1 is 1.09 bits per heavy atom.